The van der Waals surface area contributed by atoms with Gasteiger partial charge in [-0.2, -0.15) is 5.10 Å². The number of carbonyl (C=O) groups is 3. The van der Waals surface area contributed by atoms with Crippen LogP contribution >= 0.6 is 11.6 Å². The zero-order valence-corrected chi connectivity index (χ0v) is 18.1. The van der Waals surface area contributed by atoms with Crippen LogP contribution in [0.3, 0.4) is 0 Å². The van der Waals surface area contributed by atoms with Crippen LogP contribution in [0.2, 0.25) is 5.15 Å². The van der Waals surface area contributed by atoms with Gasteiger partial charge in [0.1, 0.15) is 16.7 Å². The standard InChI is InChI=1S/C23H17ClFN3O5/c1-13-17(23(24)28(27-13)16-5-3-15(25)4-6-16)7-9-22(31)33-11-19(29)14-2-8-20-18(10-14)26-21(30)12-32-20/h2-10H,11-12H2,1H3,(H,26,30). The van der Waals surface area contributed by atoms with E-state index in [4.69, 9.17) is 21.1 Å². The van der Waals surface area contributed by atoms with Crippen molar-refractivity contribution in [3.05, 3.63) is 76.3 Å². The van der Waals surface area contributed by atoms with Crippen molar-refractivity contribution < 1.29 is 28.2 Å². The maximum atomic E-state index is 13.2. The van der Waals surface area contributed by atoms with Gasteiger partial charge in [-0.25, -0.2) is 13.9 Å². The second-order valence-electron chi connectivity index (χ2n) is 7.09. The van der Waals surface area contributed by atoms with E-state index in [2.05, 4.69) is 10.4 Å². The minimum absolute atomic E-state index is 0.0868. The molecule has 0 radical (unpaired) electrons. The van der Waals surface area contributed by atoms with E-state index in [1.807, 2.05) is 0 Å². The van der Waals surface area contributed by atoms with Crippen molar-refractivity contribution in [2.24, 2.45) is 0 Å². The summed E-state index contributed by atoms with van der Waals surface area (Å²) < 4.78 is 24.8. The third-order valence-electron chi connectivity index (χ3n) is 4.79. The summed E-state index contributed by atoms with van der Waals surface area (Å²) in [6.45, 7) is 1.13. The van der Waals surface area contributed by atoms with Crippen LogP contribution in [0.25, 0.3) is 11.8 Å². The number of carbonyl (C=O) groups excluding carboxylic acids is 3. The van der Waals surface area contributed by atoms with E-state index in [9.17, 15) is 18.8 Å². The number of aryl methyl sites for hydroxylation is 1. The third kappa shape index (κ3) is 4.93. The van der Waals surface area contributed by atoms with E-state index in [0.717, 1.165) is 6.08 Å². The maximum Gasteiger partial charge on any atom is 0.331 e. The van der Waals surface area contributed by atoms with Crippen LogP contribution in [0.5, 0.6) is 5.75 Å². The van der Waals surface area contributed by atoms with Gasteiger partial charge in [-0.1, -0.05) is 11.6 Å². The van der Waals surface area contributed by atoms with Crippen molar-refractivity contribution in [3.63, 3.8) is 0 Å². The van der Waals surface area contributed by atoms with Crippen molar-refractivity contribution >= 4 is 41.0 Å². The van der Waals surface area contributed by atoms with Gasteiger partial charge in [0.05, 0.1) is 17.1 Å². The highest BCUT2D eigenvalue weighted by atomic mass is 35.5. The van der Waals surface area contributed by atoms with Gasteiger partial charge >= 0.3 is 5.97 Å². The van der Waals surface area contributed by atoms with Gasteiger partial charge in [0, 0.05) is 17.2 Å². The molecule has 33 heavy (non-hydrogen) atoms. The minimum atomic E-state index is -0.747. The first-order valence-electron chi connectivity index (χ1n) is 9.77. The van der Waals surface area contributed by atoms with Gasteiger partial charge in [-0.05, 0) is 55.5 Å². The predicted molar refractivity (Wildman–Crippen MR) is 118 cm³/mol. The van der Waals surface area contributed by atoms with Crippen LogP contribution in [0.15, 0.2) is 48.5 Å². The average Bonchev–Trinajstić information content (AvgIpc) is 3.09. The quantitative estimate of drug-likeness (QED) is 0.335. The number of aromatic nitrogens is 2. The molecular weight excluding hydrogens is 453 g/mol. The van der Waals surface area contributed by atoms with E-state index in [0.29, 0.717) is 28.4 Å². The molecule has 0 bridgehead atoms. The Balaban J connectivity index is 1.40. The van der Waals surface area contributed by atoms with Crippen molar-refractivity contribution in [1.82, 2.24) is 9.78 Å². The molecule has 8 nitrogen and oxygen atoms in total. The molecule has 1 aliphatic heterocycles. The summed E-state index contributed by atoms with van der Waals surface area (Å²) in [4.78, 5) is 35.9. The number of hydrogen-bond donors (Lipinski definition) is 1. The first-order valence-corrected chi connectivity index (χ1v) is 10.2. The van der Waals surface area contributed by atoms with E-state index < -0.39 is 18.4 Å². The number of fused-ring (bicyclic) bond motifs is 1. The normalized spacial score (nSPS) is 12.8. The number of benzene rings is 2. The molecule has 0 saturated carbocycles. The number of Topliss-reactive ketones (excluding diaryl/α,β-unsaturated/α-hetero) is 1. The zero-order valence-electron chi connectivity index (χ0n) is 17.3. The lowest BCUT2D eigenvalue weighted by molar-refractivity contribution is -0.136. The number of amides is 1. The fourth-order valence-electron chi connectivity index (χ4n) is 3.13. The summed E-state index contributed by atoms with van der Waals surface area (Å²) in [6, 6.07) is 10.2. The highest BCUT2D eigenvalue weighted by molar-refractivity contribution is 6.31. The Morgan fingerprint density at radius 3 is 2.79 bits per heavy atom. The Bertz CT molecular complexity index is 1280. The highest BCUT2D eigenvalue weighted by Gasteiger charge is 2.18. The lowest BCUT2D eigenvalue weighted by Crippen LogP contribution is -2.25. The SMILES string of the molecule is Cc1nn(-c2ccc(F)cc2)c(Cl)c1C=CC(=O)OCC(=O)c1ccc2c(c1)NC(=O)CO2. The van der Waals surface area contributed by atoms with Gasteiger partial charge in [-0.15, -0.1) is 0 Å². The first kappa shape index (κ1) is 22.2. The molecule has 2 aromatic carbocycles. The monoisotopic (exact) mass is 469 g/mol. The maximum absolute atomic E-state index is 13.2. The molecule has 0 aliphatic carbocycles. The smallest absolute Gasteiger partial charge is 0.331 e. The molecule has 0 saturated heterocycles. The topological polar surface area (TPSA) is 99.5 Å². The number of ether oxygens (including phenoxy) is 2. The van der Waals surface area contributed by atoms with Crippen LogP contribution in [-0.2, 0) is 14.3 Å². The molecule has 10 heteroatoms. The Kier molecular flexibility index (Phi) is 6.23. The van der Waals surface area contributed by atoms with E-state index >= 15 is 0 Å². The predicted octanol–water partition coefficient (Wildman–Crippen LogP) is 3.74. The molecule has 0 atom stereocenters. The zero-order chi connectivity index (χ0) is 23.5. The largest absolute Gasteiger partial charge is 0.482 e. The van der Waals surface area contributed by atoms with Gasteiger partial charge < -0.3 is 14.8 Å². The molecule has 1 aromatic heterocycles. The Hall–Kier alpha value is -3.98. The average molecular weight is 470 g/mol. The molecule has 1 aliphatic rings. The number of halogens is 2. The summed E-state index contributed by atoms with van der Waals surface area (Å²) in [7, 11) is 0. The van der Waals surface area contributed by atoms with Gasteiger partial charge in [-0.3, -0.25) is 9.59 Å². The third-order valence-corrected chi connectivity index (χ3v) is 5.15. The number of anilines is 1. The first-order chi connectivity index (χ1) is 15.8. The highest BCUT2D eigenvalue weighted by Crippen LogP contribution is 2.28. The van der Waals surface area contributed by atoms with Crippen LogP contribution in [0, 0.1) is 12.7 Å². The molecule has 0 spiro atoms. The fraction of sp³-hybridized carbons (Fsp3) is 0.130. The lowest BCUT2D eigenvalue weighted by Gasteiger charge is -2.18. The Morgan fingerprint density at radius 2 is 2.03 bits per heavy atom. The summed E-state index contributed by atoms with van der Waals surface area (Å²) in [5.41, 5.74) is 2.23. The van der Waals surface area contributed by atoms with Gasteiger partial charge in [0.2, 0.25) is 0 Å². The Morgan fingerprint density at radius 1 is 1.27 bits per heavy atom. The van der Waals surface area contributed by atoms with Crippen LogP contribution in [0.1, 0.15) is 21.6 Å². The lowest BCUT2D eigenvalue weighted by atomic mass is 10.1. The molecule has 4 rings (SSSR count). The number of esters is 1. The molecule has 3 aromatic rings. The molecule has 168 valence electrons. The van der Waals surface area contributed by atoms with E-state index in [-0.39, 0.29) is 29.0 Å². The van der Waals surface area contributed by atoms with Gasteiger partial charge in [0.25, 0.3) is 5.91 Å². The summed E-state index contributed by atoms with van der Waals surface area (Å²) in [5.74, 6) is -1.44. The number of nitrogens with one attached hydrogen (secondary N) is 1. The summed E-state index contributed by atoms with van der Waals surface area (Å²) in [6.07, 6.45) is 2.57. The van der Waals surface area contributed by atoms with Gasteiger partial charge in [0.15, 0.2) is 19.0 Å². The van der Waals surface area contributed by atoms with Crippen molar-refractivity contribution in [2.45, 2.75) is 6.92 Å². The van der Waals surface area contributed by atoms with Crippen LogP contribution in [0.4, 0.5) is 10.1 Å². The Labute approximate surface area is 192 Å². The van der Waals surface area contributed by atoms with Crippen molar-refractivity contribution in [2.75, 3.05) is 18.5 Å². The molecular formula is C23H17ClFN3O5. The summed E-state index contributed by atoms with van der Waals surface area (Å²) in [5, 5.41) is 7.15. The molecule has 0 fully saturated rings. The van der Waals surface area contributed by atoms with Crippen molar-refractivity contribution in [1.29, 1.82) is 0 Å². The van der Waals surface area contributed by atoms with Crippen LogP contribution in [-0.4, -0.2) is 40.7 Å². The summed E-state index contributed by atoms with van der Waals surface area (Å²) >= 11 is 6.37. The number of nitrogens with zero attached hydrogens (tertiary/aromatic N) is 2. The second kappa shape index (κ2) is 9.25. The molecule has 0 unspecified atom stereocenters. The minimum Gasteiger partial charge on any atom is -0.482 e. The second-order valence-corrected chi connectivity index (χ2v) is 7.45. The van der Waals surface area contributed by atoms with Crippen molar-refractivity contribution in [3.8, 4) is 11.4 Å². The van der Waals surface area contributed by atoms with E-state index in [1.165, 1.54) is 47.2 Å². The molecule has 1 amide bonds. The fourth-order valence-corrected chi connectivity index (χ4v) is 3.47. The van der Waals surface area contributed by atoms with Crippen LogP contribution < -0.4 is 10.1 Å². The number of ketones is 1. The molecule has 2 heterocycles. The van der Waals surface area contributed by atoms with E-state index in [1.54, 1.807) is 13.0 Å². The molecule has 1 N–H and O–H groups in total. The number of hydrogen-bond acceptors (Lipinski definition) is 6. The number of rotatable bonds is 6.